The Labute approximate surface area is 277 Å². The number of nitrogens with two attached hydrogens (primary N) is 1. The van der Waals surface area contributed by atoms with Gasteiger partial charge < -0.3 is 25.1 Å². The molecule has 8 nitrogen and oxygen atoms in total. The molecule has 3 fully saturated rings. The number of thiocarbonyl (C=S) groups is 1. The Morgan fingerprint density at radius 1 is 1.22 bits per heavy atom. The molecule has 2 aromatic carbocycles. The van der Waals surface area contributed by atoms with Crippen LogP contribution in [-0.4, -0.2) is 64.8 Å². The van der Waals surface area contributed by atoms with Crippen LogP contribution in [0.5, 0.6) is 0 Å². The highest BCUT2D eigenvalue weighted by Crippen LogP contribution is 2.52. The molecule has 0 unspecified atom stereocenters. The van der Waals surface area contributed by atoms with Gasteiger partial charge in [-0.1, -0.05) is 54.2 Å². The van der Waals surface area contributed by atoms with Crippen molar-refractivity contribution in [2.45, 2.75) is 44.9 Å². The maximum absolute atomic E-state index is 13.2. The van der Waals surface area contributed by atoms with Gasteiger partial charge in [0.25, 0.3) is 0 Å². The van der Waals surface area contributed by atoms with E-state index in [0.717, 1.165) is 103 Å². The highest BCUT2D eigenvalue weighted by molar-refractivity contribution is 7.80. The fourth-order valence-electron chi connectivity index (χ4n) is 7.30. The number of hydrogen-bond acceptors (Lipinski definition) is 7. The Morgan fingerprint density at radius 3 is 2.80 bits per heavy atom. The number of aromatic nitrogens is 2. The van der Waals surface area contributed by atoms with Gasteiger partial charge in [-0.2, -0.15) is 0 Å². The van der Waals surface area contributed by atoms with E-state index in [4.69, 9.17) is 39.0 Å². The van der Waals surface area contributed by atoms with Gasteiger partial charge >= 0.3 is 0 Å². The monoisotopic (exact) mass is 663 g/mol. The zero-order chi connectivity index (χ0) is 31.0. The van der Waals surface area contributed by atoms with Crippen LogP contribution >= 0.6 is 35.2 Å². The van der Waals surface area contributed by atoms with Gasteiger partial charge in [-0.15, -0.1) is 11.3 Å². The molecule has 1 amide bonds. The zero-order valence-corrected chi connectivity index (χ0v) is 27.6. The molecule has 0 atom stereocenters. The first-order valence-corrected chi connectivity index (χ1v) is 17.3. The molecular weight excluding hydrogens is 626 g/mol. The van der Waals surface area contributed by atoms with Gasteiger partial charge in [0.15, 0.2) is 0 Å². The summed E-state index contributed by atoms with van der Waals surface area (Å²) in [7, 11) is 0. The van der Waals surface area contributed by atoms with Crippen molar-refractivity contribution in [1.29, 1.82) is 0 Å². The molecule has 0 radical (unpaired) electrons. The van der Waals surface area contributed by atoms with Crippen molar-refractivity contribution in [2.75, 3.05) is 39.5 Å². The average molecular weight is 664 g/mol. The van der Waals surface area contributed by atoms with Crippen molar-refractivity contribution < 1.29 is 14.3 Å². The van der Waals surface area contributed by atoms with Crippen LogP contribution in [0.2, 0.25) is 5.02 Å². The van der Waals surface area contributed by atoms with Gasteiger partial charge in [0, 0.05) is 80.3 Å². The van der Waals surface area contributed by atoms with Crippen LogP contribution in [0.3, 0.4) is 0 Å². The number of fused-ring (bicyclic) bond motifs is 1. The Morgan fingerprint density at radius 2 is 2.04 bits per heavy atom. The number of nitrogens with one attached hydrogen (secondary N) is 1. The number of ether oxygens (including phenoxy) is 2. The largest absolute Gasteiger partial charge is 0.389 e. The molecule has 45 heavy (non-hydrogen) atoms. The van der Waals surface area contributed by atoms with Crippen molar-refractivity contribution in [1.82, 2.24) is 19.8 Å². The SMILES string of the molecule is NC(=S)c1cccc(-c2cn(C3CCOCC3)c3c(Cl)c(CNC(=O)C4CC5(C4)CN(CCOCc4cncs4)C5)ccc23)c1. The van der Waals surface area contributed by atoms with E-state index >= 15 is 0 Å². The Balaban J connectivity index is 0.987. The van der Waals surface area contributed by atoms with Crippen LogP contribution < -0.4 is 11.1 Å². The lowest BCUT2D eigenvalue weighted by Crippen LogP contribution is -2.64. The minimum Gasteiger partial charge on any atom is -0.389 e. The fraction of sp³-hybridized carbons (Fsp3) is 0.441. The number of thiazole rings is 1. The Kier molecular flexibility index (Phi) is 8.96. The van der Waals surface area contributed by atoms with E-state index in [-0.39, 0.29) is 17.9 Å². The second kappa shape index (κ2) is 13.1. The number of hydrogen-bond donors (Lipinski definition) is 2. The molecule has 1 saturated carbocycles. The summed E-state index contributed by atoms with van der Waals surface area (Å²) in [6.45, 7) is 6.24. The number of likely N-dealkylation sites (tertiary alicyclic amines) is 1. The number of benzene rings is 2. The average Bonchev–Trinajstić information content (AvgIpc) is 3.68. The second-order valence-corrected chi connectivity index (χ2v) is 14.5. The molecule has 4 heterocycles. The summed E-state index contributed by atoms with van der Waals surface area (Å²) >= 11 is 14.0. The first kappa shape index (κ1) is 30.8. The van der Waals surface area contributed by atoms with Crippen LogP contribution in [-0.2, 0) is 27.4 Å². The van der Waals surface area contributed by atoms with Gasteiger partial charge in [-0.3, -0.25) is 14.7 Å². The summed E-state index contributed by atoms with van der Waals surface area (Å²) in [5, 5.41) is 4.96. The zero-order valence-electron chi connectivity index (χ0n) is 25.2. The molecule has 1 aliphatic carbocycles. The van der Waals surface area contributed by atoms with E-state index in [2.05, 4.69) is 38.1 Å². The second-order valence-electron chi connectivity index (χ2n) is 12.7. The van der Waals surface area contributed by atoms with Crippen LogP contribution in [0, 0.1) is 11.3 Å². The van der Waals surface area contributed by atoms with Gasteiger partial charge in [-0.25, -0.2) is 0 Å². The van der Waals surface area contributed by atoms with Gasteiger partial charge in [0.2, 0.25) is 5.91 Å². The molecule has 11 heteroatoms. The quantitative estimate of drug-likeness (QED) is 0.151. The highest BCUT2D eigenvalue weighted by atomic mass is 35.5. The van der Waals surface area contributed by atoms with Crippen LogP contribution in [0.25, 0.3) is 22.0 Å². The lowest BCUT2D eigenvalue weighted by Gasteiger charge is -2.58. The van der Waals surface area contributed by atoms with Crippen molar-refractivity contribution in [3.63, 3.8) is 0 Å². The molecule has 3 N–H and O–H groups in total. The Hall–Kier alpha value is -2.86. The molecule has 1 spiro atoms. The maximum atomic E-state index is 13.2. The molecule has 2 saturated heterocycles. The molecule has 4 aromatic rings. The summed E-state index contributed by atoms with van der Waals surface area (Å²) in [6, 6.07) is 12.5. The summed E-state index contributed by atoms with van der Waals surface area (Å²) in [4.78, 5) is 21.2. The van der Waals surface area contributed by atoms with Crippen molar-refractivity contribution in [3.8, 4) is 11.1 Å². The number of rotatable bonds is 11. The number of halogens is 1. The minimum atomic E-state index is 0.0656. The van der Waals surface area contributed by atoms with Crippen molar-refractivity contribution in [3.05, 3.63) is 75.3 Å². The topological polar surface area (TPSA) is 94.6 Å². The molecular formula is C34H38ClN5O3S2. The van der Waals surface area contributed by atoms with E-state index in [9.17, 15) is 4.79 Å². The molecule has 236 valence electrons. The number of carbonyl (C=O) groups is 1. The summed E-state index contributed by atoms with van der Waals surface area (Å²) in [5.41, 5.74) is 13.0. The summed E-state index contributed by atoms with van der Waals surface area (Å²) in [6.07, 6.45) is 7.81. The van der Waals surface area contributed by atoms with Crippen molar-refractivity contribution >= 4 is 57.0 Å². The van der Waals surface area contributed by atoms with E-state index in [0.29, 0.717) is 28.6 Å². The first-order valence-electron chi connectivity index (χ1n) is 15.6. The first-order chi connectivity index (χ1) is 21.9. The van der Waals surface area contributed by atoms with Crippen LogP contribution in [0.4, 0.5) is 0 Å². The smallest absolute Gasteiger partial charge is 0.223 e. The van der Waals surface area contributed by atoms with Gasteiger partial charge in [0.05, 0.1) is 34.1 Å². The third-order valence-electron chi connectivity index (χ3n) is 9.64. The predicted octanol–water partition coefficient (Wildman–Crippen LogP) is 5.95. The lowest BCUT2D eigenvalue weighted by molar-refractivity contribution is -0.145. The van der Waals surface area contributed by atoms with E-state index in [1.807, 2.05) is 36.0 Å². The van der Waals surface area contributed by atoms with Gasteiger partial charge in [0.1, 0.15) is 4.99 Å². The number of carbonyl (C=O) groups excluding carboxylic acids is 1. The standard InChI is InChI=1S/C34H38ClN5O3S2/c35-30-24(15-38-33(41)25-13-34(14-25)19-39(20-34)8-11-43-18-27-16-37-21-45-27)4-5-28-29(22-2-1-3-23(12-22)32(36)44)17-40(31(28)30)26-6-9-42-10-7-26/h1-5,12,16-17,21,25-26H,6-11,13-15,18-20H2,(H2,36,44)(H,38,41). The Bertz CT molecular complexity index is 1690. The van der Waals surface area contributed by atoms with Gasteiger partial charge in [-0.05, 0) is 48.3 Å². The molecule has 3 aliphatic rings. The van der Waals surface area contributed by atoms with Crippen LogP contribution in [0.1, 0.15) is 47.7 Å². The van der Waals surface area contributed by atoms with E-state index < -0.39 is 0 Å². The van der Waals surface area contributed by atoms with E-state index in [1.54, 1.807) is 11.3 Å². The third-order valence-corrected chi connectivity index (χ3v) is 11.0. The third kappa shape index (κ3) is 6.41. The van der Waals surface area contributed by atoms with E-state index in [1.165, 1.54) is 0 Å². The lowest BCUT2D eigenvalue weighted by atomic mass is 9.57. The van der Waals surface area contributed by atoms with Crippen LogP contribution in [0.15, 0.2) is 54.3 Å². The maximum Gasteiger partial charge on any atom is 0.223 e. The molecule has 2 aliphatic heterocycles. The van der Waals surface area contributed by atoms with Crippen molar-refractivity contribution in [2.24, 2.45) is 17.1 Å². The number of amides is 1. The summed E-state index contributed by atoms with van der Waals surface area (Å²) in [5.74, 6) is 0.189. The molecule has 0 bridgehead atoms. The normalized spacial score (nSPS) is 18.6. The minimum absolute atomic E-state index is 0.0656. The summed E-state index contributed by atoms with van der Waals surface area (Å²) < 4.78 is 13.8. The fourth-order valence-corrected chi connectivity index (χ4v) is 8.29. The molecule has 2 aromatic heterocycles. The molecule has 7 rings (SSSR count). The highest BCUT2D eigenvalue weighted by Gasteiger charge is 2.53. The predicted molar refractivity (Wildman–Crippen MR) is 183 cm³/mol. The number of nitrogens with zero attached hydrogens (tertiary/aromatic N) is 3.